The molecular weight excluding hydrogens is 336 g/mol. The van der Waals surface area contributed by atoms with Crippen LogP contribution in [0, 0.1) is 11.8 Å². The predicted octanol–water partition coefficient (Wildman–Crippen LogP) is 2.85. The summed E-state index contributed by atoms with van der Waals surface area (Å²) in [6.07, 6.45) is 3.77. The molecule has 1 aromatic carbocycles. The third-order valence-electron chi connectivity index (χ3n) is 6.46. The number of hydrogen-bond acceptors (Lipinski definition) is 3. The minimum absolute atomic E-state index is 0.297. The standard InChI is InChI=1S/C20H27ClN2O2/c21-18-3-1-17(2-4-18)20(7-11-25-12-8-20)19(24)23-9-5-15-13-22-14-16(15)6-10-23/h1-4,15-16,22H,5-14H2/t15-,16+. The third-order valence-corrected chi connectivity index (χ3v) is 6.71. The van der Waals surface area contributed by atoms with Crippen LogP contribution in [0.3, 0.4) is 0 Å². The van der Waals surface area contributed by atoms with E-state index in [-0.39, 0.29) is 0 Å². The third kappa shape index (κ3) is 3.32. The van der Waals surface area contributed by atoms with Gasteiger partial charge in [0, 0.05) is 31.3 Å². The van der Waals surface area contributed by atoms with Gasteiger partial charge < -0.3 is 15.0 Å². The van der Waals surface area contributed by atoms with Crippen LogP contribution in [0.5, 0.6) is 0 Å². The van der Waals surface area contributed by atoms with E-state index in [9.17, 15) is 4.79 Å². The van der Waals surface area contributed by atoms with Crippen LogP contribution in [-0.2, 0) is 14.9 Å². The van der Waals surface area contributed by atoms with Crippen molar-refractivity contribution in [3.05, 3.63) is 34.9 Å². The number of halogens is 1. The summed E-state index contributed by atoms with van der Waals surface area (Å²) in [5.41, 5.74) is 0.650. The van der Waals surface area contributed by atoms with Gasteiger partial charge in [-0.2, -0.15) is 0 Å². The van der Waals surface area contributed by atoms with Gasteiger partial charge in [0.05, 0.1) is 5.41 Å². The highest BCUT2D eigenvalue weighted by molar-refractivity contribution is 6.30. The van der Waals surface area contributed by atoms with Crippen LogP contribution in [-0.4, -0.2) is 50.2 Å². The smallest absolute Gasteiger partial charge is 0.233 e. The normalized spacial score (nSPS) is 29.1. The second kappa shape index (κ2) is 7.26. The molecule has 4 rings (SSSR count). The van der Waals surface area contributed by atoms with Gasteiger partial charge in [-0.3, -0.25) is 4.79 Å². The Morgan fingerprint density at radius 1 is 1.08 bits per heavy atom. The summed E-state index contributed by atoms with van der Waals surface area (Å²) in [5.74, 6) is 1.77. The summed E-state index contributed by atoms with van der Waals surface area (Å²) in [7, 11) is 0. The highest BCUT2D eigenvalue weighted by Gasteiger charge is 2.45. The van der Waals surface area contributed by atoms with Crippen LogP contribution in [0.1, 0.15) is 31.2 Å². The number of fused-ring (bicyclic) bond motifs is 1. The second-order valence-electron chi connectivity index (χ2n) is 7.75. The first-order chi connectivity index (χ1) is 12.2. The molecule has 0 radical (unpaired) electrons. The molecule has 3 aliphatic heterocycles. The van der Waals surface area contributed by atoms with E-state index in [2.05, 4.69) is 10.2 Å². The number of likely N-dealkylation sites (tertiary alicyclic amines) is 1. The largest absolute Gasteiger partial charge is 0.381 e. The topological polar surface area (TPSA) is 41.6 Å². The zero-order valence-electron chi connectivity index (χ0n) is 14.7. The molecule has 1 amide bonds. The van der Waals surface area contributed by atoms with Crippen molar-refractivity contribution in [1.29, 1.82) is 0 Å². The Balaban J connectivity index is 1.58. The second-order valence-corrected chi connectivity index (χ2v) is 8.19. The van der Waals surface area contributed by atoms with Crippen LogP contribution in [0.4, 0.5) is 0 Å². The van der Waals surface area contributed by atoms with Crippen LogP contribution in [0.25, 0.3) is 0 Å². The predicted molar refractivity (Wildman–Crippen MR) is 98.8 cm³/mol. The number of ether oxygens (including phenoxy) is 1. The fraction of sp³-hybridized carbons (Fsp3) is 0.650. The highest BCUT2D eigenvalue weighted by Crippen LogP contribution is 2.38. The van der Waals surface area contributed by atoms with Crippen LogP contribution in [0.15, 0.2) is 24.3 Å². The Morgan fingerprint density at radius 3 is 2.28 bits per heavy atom. The molecule has 0 aromatic heterocycles. The number of amides is 1. The molecule has 2 atom stereocenters. The molecule has 4 nitrogen and oxygen atoms in total. The van der Waals surface area contributed by atoms with Gasteiger partial charge >= 0.3 is 0 Å². The molecule has 0 saturated carbocycles. The number of rotatable bonds is 2. The van der Waals surface area contributed by atoms with Crippen molar-refractivity contribution >= 4 is 17.5 Å². The molecule has 5 heteroatoms. The summed E-state index contributed by atoms with van der Waals surface area (Å²) < 4.78 is 5.59. The first-order valence-electron chi connectivity index (χ1n) is 9.53. The van der Waals surface area contributed by atoms with Crippen LogP contribution >= 0.6 is 11.6 Å². The van der Waals surface area contributed by atoms with Gasteiger partial charge in [0.15, 0.2) is 0 Å². The maximum Gasteiger partial charge on any atom is 0.233 e. The Bertz CT molecular complexity index is 599. The minimum atomic E-state index is -0.444. The maximum absolute atomic E-state index is 13.7. The first-order valence-corrected chi connectivity index (χ1v) is 9.91. The summed E-state index contributed by atoms with van der Waals surface area (Å²) in [6.45, 7) is 5.30. The SMILES string of the molecule is O=C(N1CC[C@@H]2CNC[C@@H]2CC1)C1(c2ccc(Cl)cc2)CCOCC1. The molecule has 0 bridgehead atoms. The lowest BCUT2D eigenvalue weighted by Gasteiger charge is -2.40. The van der Waals surface area contributed by atoms with E-state index >= 15 is 0 Å². The van der Waals surface area contributed by atoms with Crippen molar-refractivity contribution in [1.82, 2.24) is 10.2 Å². The monoisotopic (exact) mass is 362 g/mol. The van der Waals surface area contributed by atoms with E-state index in [0.717, 1.165) is 69.3 Å². The molecule has 136 valence electrons. The Kier molecular flexibility index (Phi) is 5.03. The lowest BCUT2D eigenvalue weighted by atomic mass is 9.73. The van der Waals surface area contributed by atoms with Gasteiger partial charge in [-0.25, -0.2) is 0 Å². The van der Waals surface area contributed by atoms with Crippen LogP contribution < -0.4 is 5.32 Å². The van der Waals surface area contributed by atoms with Gasteiger partial charge in [0.25, 0.3) is 0 Å². The molecule has 0 aliphatic carbocycles. The molecule has 0 unspecified atom stereocenters. The van der Waals surface area contributed by atoms with E-state index in [0.29, 0.717) is 24.1 Å². The van der Waals surface area contributed by atoms with Gasteiger partial charge in [0.1, 0.15) is 0 Å². The van der Waals surface area contributed by atoms with E-state index in [1.54, 1.807) is 0 Å². The molecular formula is C20H27ClN2O2. The number of carbonyl (C=O) groups excluding carboxylic acids is 1. The van der Waals surface area contributed by atoms with Gasteiger partial charge in [-0.1, -0.05) is 23.7 Å². The van der Waals surface area contributed by atoms with Gasteiger partial charge in [-0.05, 0) is 68.3 Å². The van der Waals surface area contributed by atoms with E-state index in [1.165, 1.54) is 0 Å². The van der Waals surface area contributed by atoms with Crippen LogP contribution in [0.2, 0.25) is 5.02 Å². The molecule has 1 aromatic rings. The van der Waals surface area contributed by atoms with E-state index in [4.69, 9.17) is 16.3 Å². The molecule has 3 fully saturated rings. The number of nitrogens with one attached hydrogen (secondary N) is 1. The Hall–Kier alpha value is -1.10. The average molecular weight is 363 g/mol. The van der Waals surface area contributed by atoms with E-state index < -0.39 is 5.41 Å². The zero-order chi connectivity index (χ0) is 17.3. The van der Waals surface area contributed by atoms with E-state index in [1.807, 2.05) is 24.3 Å². The molecule has 1 N–H and O–H groups in total. The van der Waals surface area contributed by atoms with Gasteiger partial charge in [0.2, 0.25) is 5.91 Å². The maximum atomic E-state index is 13.7. The fourth-order valence-corrected chi connectivity index (χ4v) is 4.96. The van der Waals surface area contributed by atoms with Crippen molar-refractivity contribution in [2.24, 2.45) is 11.8 Å². The van der Waals surface area contributed by atoms with Gasteiger partial charge in [-0.15, -0.1) is 0 Å². The number of nitrogens with zero attached hydrogens (tertiary/aromatic N) is 1. The fourth-order valence-electron chi connectivity index (χ4n) is 4.84. The summed E-state index contributed by atoms with van der Waals surface area (Å²) in [6, 6.07) is 7.86. The van der Waals surface area contributed by atoms with Crippen molar-refractivity contribution in [2.75, 3.05) is 39.4 Å². The molecule has 25 heavy (non-hydrogen) atoms. The number of hydrogen-bond donors (Lipinski definition) is 1. The first kappa shape index (κ1) is 17.3. The minimum Gasteiger partial charge on any atom is -0.381 e. The summed E-state index contributed by atoms with van der Waals surface area (Å²) in [5, 5.41) is 4.22. The van der Waals surface area contributed by atoms with Crippen molar-refractivity contribution in [2.45, 2.75) is 31.1 Å². The van der Waals surface area contributed by atoms with Crippen molar-refractivity contribution < 1.29 is 9.53 Å². The Morgan fingerprint density at radius 2 is 1.68 bits per heavy atom. The summed E-state index contributed by atoms with van der Waals surface area (Å²) >= 11 is 6.07. The Labute approximate surface area is 154 Å². The van der Waals surface area contributed by atoms with Crippen molar-refractivity contribution in [3.63, 3.8) is 0 Å². The quantitative estimate of drug-likeness (QED) is 0.879. The van der Waals surface area contributed by atoms with Crippen molar-refractivity contribution in [3.8, 4) is 0 Å². The highest BCUT2D eigenvalue weighted by atomic mass is 35.5. The zero-order valence-corrected chi connectivity index (χ0v) is 15.4. The molecule has 3 aliphatic rings. The number of carbonyl (C=O) groups is 1. The average Bonchev–Trinajstić information content (AvgIpc) is 3.01. The number of benzene rings is 1. The molecule has 0 spiro atoms. The molecule has 3 saturated heterocycles. The molecule has 3 heterocycles. The lowest BCUT2D eigenvalue weighted by Crippen LogP contribution is -2.50. The summed E-state index contributed by atoms with van der Waals surface area (Å²) in [4.78, 5) is 15.8. The lowest BCUT2D eigenvalue weighted by molar-refractivity contribution is -0.141.